The fourth-order valence-electron chi connectivity index (χ4n) is 3.35. The van der Waals surface area contributed by atoms with Crippen LogP contribution in [0.4, 0.5) is 10.8 Å². The molecule has 0 bridgehead atoms. The summed E-state index contributed by atoms with van der Waals surface area (Å²) >= 11 is 1.57. The van der Waals surface area contributed by atoms with E-state index in [2.05, 4.69) is 82.0 Å². The third-order valence-corrected chi connectivity index (χ3v) is 5.87. The van der Waals surface area contributed by atoms with E-state index in [1.807, 2.05) is 24.8 Å². The zero-order chi connectivity index (χ0) is 19.8. The average Bonchev–Trinajstić information content (AvgIpc) is 3.31. The smallest absolute Gasteiger partial charge is 0.214 e. The van der Waals surface area contributed by atoms with Crippen molar-refractivity contribution in [1.82, 2.24) is 14.6 Å². The van der Waals surface area contributed by atoms with Gasteiger partial charge in [-0.15, -0.1) is 5.10 Å². The Hall–Kier alpha value is -3.38. The molecule has 0 aliphatic carbocycles. The lowest BCUT2D eigenvalue weighted by atomic mass is 10.1. The molecule has 144 valence electrons. The molecule has 0 aliphatic rings. The van der Waals surface area contributed by atoms with Gasteiger partial charge >= 0.3 is 0 Å². The van der Waals surface area contributed by atoms with Crippen LogP contribution in [0.3, 0.4) is 0 Å². The van der Waals surface area contributed by atoms with Crippen LogP contribution in [0, 0.1) is 0 Å². The van der Waals surface area contributed by atoms with Gasteiger partial charge in [0.25, 0.3) is 0 Å². The fourth-order valence-corrected chi connectivity index (χ4v) is 4.13. The van der Waals surface area contributed by atoms with Gasteiger partial charge in [0.15, 0.2) is 0 Å². The van der Waals surface area contributed by atoms with E-state index in [9.17, 15) is 0 Å². The van der Waals surface area contributed by atoms with Crippen molar-refractivity contribution in [3.63, 3.8) is 0 Å². The summed E-state index contributed by atoms with van der Waals surface area (Å²) in [5.41, 5.74) is 4.47. The van der Waals surface area contributed by atoms with Gasteiger partial charge in [-0.1, -0.05) is 59.9 Å². The van der Waals surface area contributed by atoms with E-state index in [4.69, 9.17) is 4.98 Å². The van der Waals surface area contributed by atoms with Gasteiger partial charge in [0.2, 0.25) is 10.1 Å². The maximum atomic E-state index is 4.77. The van der Waals surface area contributed by atoms with E-state index < -0.39 is 0 Å². The van der Waals surface area contributed by atoms with E-state index in [0.29, 0.717) is 0 Å². The summed E-state index contributed by atoms with van der Waals surface area (Å²) in [6, 6.07) is 23.3. The Bertz CT molecular complexity index is 1250. The van der Waals surface area contributed by atoms with Crippen molar-refractivity contribution in [1.29, 1.82) is 0 Å². The van der Waals surface area contributed by atoms with Gasteiger partial charge in [-0.05, 0) is 34.5 Å². The Morgan fingerprint density at radius 2 is 1.76 bits per heavy atom. The molecule has 0 saturated carbocycles. The molecule has 2 aromatic heterocycles. The molecule has 3 aromatic carbocycles. The first kappa shape index (κ1) is 17.7. The molecule has 6 heteroatoms. The lowest BCUT2D eigenvalue weighted by Crippen LogP contribution is -2.08. The highest BCUT2D eigenvalue weighted by Gasteiger charge is 2.10. The summed E-state index contributed by atoms with van der Waals surface area (Å²) in [7, 11) is 4.09. The monoisotopic (exact) mass is 399 g/mol. The van der Waals surface area contributed by atoms with E-state index in [1.54, 1.807) is 11.3 Å². The van der Waals surface area contributed by atoms with Gasteiger partial charge in [-0.2, -0.15) is 0 Å². The van der Waals surface area contributed by atoms with Gasteiger partial charge in [-0.25, -0.2) is 9.50 Å². The average molecular weight is 400 g/mol. The van der Waals surface area contributed by atoms with Gasteiger partial charge in [0, 0.05) is 31.9 Å². The third-order valence-electron chi connectivity index (χ3n) is 4.98. The number of anilines is 2. The molecule has 0 unspecified atom stereocenters. The number of aromatic nitrogens is 3. The standard InChI is InChI=1S/C23H21N5S/c1-27(2)20-11-7-16(8-12-20)14-24-22-26-28-15-21(25-23(28)29-22)19-10-9-17-5-3-4-6-18(17)13-19/h3-13,15H,14H2,1-2H3,(H,24,26). The molecule has 1 N–H and O–H groups in total. The normalized spacial score (nSPS) is 11.2. The van der Waals surface area contributed by atoms with Crippen LogP contribution in [0.15, 0.2) is 72.9 Å². The molecule has 0 saturated heterocycles. The minimum absolute atomic E-state index is 0.738. The molecule has 5 nitrogen and oxygen atoms in total. The number of imidazole rings is 1. The largest absolute Gasteiger partial charge is 0.378 e. The van der Waals surface area contributed by atoms with Gasteiger partial charge in [0.05, 0.1) is 11.9 Å². The van der Waals surface area contributed by atoms with Crippen LogP contribution in [0.5, 0.6) is 0 Å². The van der Waals surface area contributed by atoms with Crippen LogP contribution in [-0.4, -0.2) is 28.7 Å². The Morgan fingerprint density at radius 1 is 0.966 bits per heavy atom. The van der Waals surface area contributed by atoms with Crippen LogP contribution >= 0.6 is 11.3 Å². The van der Waals surface area contributed by atoms with Crippen LogP contribution < -0.4 is 10.2 Å². The predicted molar refractivity (Wildman–Crippen MR) is 122 cm³/mol. The highest BCUT2D eigenvalue weighted by molar-refractivity contribution is 7.20. The first-order valence-electron chi connectivity index (χ1n) is 9.51. The van der Waals surface area contributed by atoms with Crippen molar-refractivity contribution in [3.8, 4) is 11.3 Å². The fraction of sp³-hybridized carbons (Fsp3) is 0.130. The Balaban J connectivity index is 1.33. The molecule has 5 aromatic rings. The topological polar surface area (TPSA) is 45.5 Å². The van der Waals surface area contributed by atoms with Crippen molar-refractivity contribution in [2.45, 2.75) is 6.54 Å². The molecule has 0 atom stereocenters. The summed E-state index contributed by atoms with van der Waals surface area (Å²) in [5.74, 6) is 0. The van der Waals surface area contributed by atoms with Crippen molar-refractivity contribution in [3.05, 3.63) is 78.5 Å². The lowest BCUT2D eigenvalue weighted by Gasteiger charge is -2.12. The second kappa shape index (κ2) is 7.22. The number of rotatable bonds is 5. The van der Waals surface area contributed by atoms with Gasteiger partial charge in [0.1, 0.15) is 0 Å². The summed E-state index contributed by atoms with van der Waals surface area (Å²) in [6.45, 7) is 0.738. The Labute approximate surface area is 173 Å². The molecule has 2 heterocycles. The summed E-state index contributed by atoms with van der Waals surface area (Å²) in [5, 5.41) is 11.4. The molecule has 0 fully saturated rings. The van der Waals surface area contributed by atoms with Gasteiger partial charge in [-0.3, -0.25) is 0 Å². The minimum Gasteiger partial charge on any atom is -0.378 e. The second-order valence-corrected chi connectivity index (χ2v) is 8.19. The maximum Gasteiger partial charge on any atom is 0.214 e. The third kappa shape index (κ3) is 3.54. The Morgan fingerprint density at radius 3 is 2.52 bits per heavy atom. The summed E-state index contributed by atoms with van der Waals surface area (Å²) < 4.78 is 1.85. The molecule has 0 radical (unpaired) electrons. The zero-order valence-corrected chi connectivity index (χ0v) is 17.1. The molecule has 0 aliphatic heterocycles. The Kier molecular flexibility index (Phi) is 4.41. The van der Waals surface area contributed by atoms with Crippen LogP contribution in [0.25, 0.3) is 27.0 Å². The lowest BCUT2D eigenvalue weighted by molar-refractivity contribution is 0.962. The predicted octanol–water partition coefficient (Wildman–Crippen LogP) is 5.29. The second-order valence-electron chi connectivity index (χ2n) is 7.24. The van der Waals surface area contributed by atoms with Crippen LogP contribution in [0.2, 0.25) is 0 Å². The minimum atomic E-state index is 0.738. The summed E-state index contributed by atoms with van der Waals surface area (Å²) in [4.78, 5) is 7.75. The highest BCUT2D eigenvalue weighted by Crippen LogP contribution is 2.27. The molecule has 5 rings (SSSR count). The zero-order valence-electron chi connectivity index (χ0n) is 16.3. The SMILES string of the molecule is CN(C)c1ccc(CNc2nn3cc(-c4ccc5ccccc5c4)nc3s2)cc1. The molecule has 0 amide bonds. The highest BCUT2D eigenvalue weighted by atomic mass is 32.1. The number of nitrogens with zero attached hydrogens (tertiary/aromatic N) is 4. The van der Waals surface area contributed by atoms with E-state index in [1.165, 1.54) is 22.0 Å². The molecular weight excluding hydrogens is 378 g/mol. The van der Waals surface area contributed by atoms with Crippen molar-refractivity contribution >= 4 is 37.9 Å². The number of benzene rings is 3. The molecule has 29 heavy (non-hydrogen) atoms. The molecular formula is C23H21N5S. The van der Waals surface area contributed by atoms with Crippen LogP contribution in [0.1, 0.15) is 5.56 Å². The van der Waals surface area contributed by atoms with Crippen molar-refractivity contribution in [2.24, 2.45) is 0 Å². The van der Waals surface area contributed by atoms with Gasteiger partial charge < -0.3 is 10.2 Å². The number of fused-ring (bicyclic) bond motifs is 2. The number of hydrogen-bond donors (Lipinski definition) is 1. The molecule has 0 spiro atoms. The summed E-state index contributed by atoms with van der Waals surface area (Å²) in [6.07, 6.45) is 1.99. The van der Waals surface area contributed by atoms with Crippen LogP contribution in [-0.2, 0) is 6.54 Å². The quantitative estimate of drug-likeness (QED) is 0.436. The first-order valence-corrected chi connectivity index (χ1v) is 10.3. The first-order chi connectivity index (χ1) is 14.2. The number of nitrogens with one attached hydrogen (secondary N) is 1. The van der Waals surface area contributed by atoms with E-state index >= 15 is 0 Å². The maximum absolute atomic E-state index is 4.77. The van der Waals surface area contributed by atoms with E-state index in [0.717, 1.165) is 27.9 Å². The van der Waals surface area contributed by atoms with E-state index in [-0.39, 0.29) is 0 Å². The number of hydrogen-bond acceptors (Lipinski definition) is 5. The van der Waals surface area contributed by atoms with Crippen molar-refractivity contribution in [2.75, 3.05) is 24.3 Å². The van der Waals surface area contributed by atoms with Crippen molar-refractivity contribution < 1.29 is 0 Å².